The standard InChI is InChI=1S/C17H13N3OS/c1-21-16-5-3-2-4-12(16)13-8-15(11-6-7-22-10-11)20-17(19)14(13)9-18/h2-8,10H,1H3,(H2,19,20). The van der Waals surface area contributed by atoms with Gasteiger partial charge in [0.15, 0.2) is 0 Å². The maximum atomic E-state index is 9.44. The highest BCUT2D eigenvalue weighted by molar-refractivity contribution is 7.08. The number of rotatable bonds is 3. The van der Waals surface area contributed by atoms with Gasteiger partial charge in [-0.2, -0.15) is 16.6 Å². The van der Waals surface area contributed by atoms with Crippen LogP contribution < -0.4 is 10.5 Å². The van der Waals surface area contributed by atoms with Crippen LogP contribution in [0, 0.1) is 11.3 Å². The number of nitrogen functional groups attached to an aromatic ring is 1. The van der Waals surface area contributed by atoms with Gasteiger partial charge in [-0.05, 0) is 23.6 Å². The quantitative estimate of drug-likeness (QED) is 0.795. The Morgan fingerprint density at radius 2 is 2.05 bits per heavy atom. The van der Waals surface area contributed by atoms with Gasteiger partial charge in [0.25, 0.3) is 0 Å². The third-order valence-corrected chi connectivity index (χ3v) is 4.06. The lowest BCUT2D eigenvalue weighted by molar-refractivity contribution is 0.416. The number of anilines is 1. The van der Waals surface area contributed by atoms with Crippen LogP contribution in [-0.4, -0.2) is 12.1 Å². The van der Waals surface area contributed by atoms with E-state index in [1.807, 2.05) is 47.2 Å². The van der Waals surface area contributed by atoms with Gasteiger partial charge in [-0.15, -0.1) is 0 Å². The summed E-state index contributed by atoms with van der Waals surface area (Å²) in [5.41, 5.74) is 9.65. The number of hydrogen-bond donors (Lipinski definition) is 1. The molecule has 0 unspecified atom stereocenters. The average Bonchev–Trinajstić information content (AvgIpc) is 3.08. The number of nitriles is 1. The molecule has 4 nitrogen and oxygen atoms in total. The Labute approximate surface area is 132 Å². The molecule has 0 bridgehead atoms. The summed E-state index contributed by atoms with van der Waals surface area (Å²) in [7, 11) is 1.61. The first-order chi connectivity index (χ1) is 10.7. The summed E-state index contributed by atoms with van der Waals surface area (Å²) in [6, 6.07) is 13.6. The van der Waals surface area contributed by atoms with Crippen LogP contribution in [0.4, 0.5) is 5.82 Å². The first-order valence-electron chi connectivity index (χ1n) is 6.61. The third-order valence-electron chi connectivity index (χ3n) is 3.37. The van der Waals surface area contributed by atoms with Gasteiger partial charge < -0.3 is 10.5 Å². The number of thiophene rings is 1. The minimum Gasteiger partial charge on any atom is -0.496 e. The van der Waals surface area contributed by atoms with Crippen LogP contribution in [-0.2, 0) is 0 Å². The van der Waals surface area contributed by atoms with Crippen LogP contribution in [0.25, 0.3) is 22.4 Å². The molecule has 0 atom stereocenters. The van der Waals surface area contributed by atoms with Crippen molar-refractivity contribution in [1.82, 2.24) is 4.98 Å². The van der Waals surface area contributed by atoms with Crippen LogP contribution in [0.15, 0.2) is 47.2 Å². The number of methoxy groups -OCH3 is 1. The summed E-state index contributed by atoms with van der Waals surface area (Å²) in [6.45, 7) is 0. The molecule has 0 spiro atoms. The van der Waals surface area contributed by atoms with Crippen molar-refractivity contribution >= 4 is 17.2 Å². The largest absolute Gasteiger partial charge is 0.496 e. The van der Waals surface area contributed by atoms with E-state index in [4.69, 9.17) is 10.5 Å². The van der Waals surface area contributed by atoms with Crippen molar-refractivity contribution in [2.75, 3.05) is 12.8 Å². The van der Waals surface area contributed by atoms with Gasteiger partial charge in [0.2, 0.25) is 0 Å². The number of nitrogens with zero attached hydrogens (tertiary/aromatic N) is 2. The van der Waals surface area contributed by atoms with Gasteiger partial charge in [-0.25, -0.2) is 4.98 Å². The molecule has 108 valence electrons. The second-order valence-corrected chi connectivity index (χ2v) is 5.42. The normalized spacial score (nSPS) is 10.2. The zero-order valence-corrected chi connectivity index (χ0v) is 12.7. The maximum absolute atomic E-state index is 9.44. The Bertz CT molecular complexity index is 851. The molecule has 1 aromatic carbocycles. The zero-order valence-electron chi connectivity index (χ0n) is 11.9. The van der Waals surface area contributed by atoms with Crippen LogP contribution in [0.1, 0.15) is 5.56 Å². The van der Waals surface area contributed by atoms with Gasteiger partial charge >= 0.3 is 0 Å². The van der Waals surface area contributed by atoms with E-state index in [9.17, 15) is 5.26 Å². The van der Waals surface area contributed by atoms with Crippen LogP contribution in [0.5, 0.6) is 5.75 Å². The van der Waals surface area contributed by atoms with E-state index in [1.165, 1.54) is 0 Å². The SMILES string of the molecule is COc1ccccc1-c1cc(-c2ccsc2)nc(N)c1C#N. The molecule has 0 aliphatic heterocycles. The molecule has 0 saturated carbocycles. The summed E-state index contributed by atoms with van der Waals surface area (Å²) in [5, 5.41) is 13.4. The monoisotopic (exact) mass is 307 g/mol. The van der Waals surface area contributed by atoms with Crippen LogP contribution >= 0.6 is 11.3 Å². The average molecular weight is 307 g/mol. The van der Waals surface area contributed by atoms with Crippen molar-refractivity contribution in [1.29, 1.82) is 5.26 Å². The minimum atomic E-state index is 0.229. The summed E-state index contributed by atoms with van der Waals surface area (Å²) in [4.78, 5) is 4.35. The van der Waals surface area contributed by atoms with Gasteiger partial charge in [-0.3, -0.25) is 0 Å². The number of ether oxygens (including phenoxy) is 1. The summed E-state index contributed by atoms with van der Waals surface area (Å²) >= 11 is 1.59. The molecule has 0 aliphatic rings. The van der Waals surface area contributed by atoms with Crippen LogP contribution in [0.2, 0.25) is 0 Å². The Hall–Kier alpha value is -2.84. The van der Waals surface area contributed by atoms with Crippen molar-refractivity contribution < 1.29 is 4.74 Å². The lowest BCUT2D eigenvalue weighted by Crippen LogP contribution is -2.00. The number of pyridine rings is 1. The van der Waals surface area contributed by atoms with E-state index < -0.39 is 0 Å². The van der Waals surface area contributed by atoms with E-state index in [2.05, 4.69) is 11.1 Å². The second kappa shape index (κ2) is 5.88. The maximum Gasteiger partial charge on any atom is 0.142 e. The second-order valence-electron chi connectivity index (χ2n) is 4.64. The smallest absolute Gasteiger partial charge is 0.142 e. The zero-order chi connectivity index (χ0) is 15.5. The summed E-state index contributed by atoms with van der Waals surface area (Å²) in [6.07, 6.45) is 0. The lowest BCUT2D eigenvalue weighted by Gasteiger charge is -2.12. The van der Waals surface area contributed by atoms with Gasteiger partial charge in [0.1, 0.15) is 23.2 Å². The predicted octanol–water partition coefficient (Wildman–Crippen LogP) is 3.94. The van der Waals surface area contributed by atoms with Crippen molar-refractivity contribution in [2.45, 2.75) is 0 Å². The predicted molar refractivity (Wildman–Crippen MR) is 88.7 cm³/mol. The number of hydrogen-bond acceptors (Lipinski definition) is 5. The number of benzene rings is 1. The Kier molecular flexibility index (Phi) is 3.77. The highest BCUT2D eigenvalue weighted by Gasteiger charge is 2.16. The fraction of sp³-hybridized carbons (Fsp3) is 0.0588. The van der Waals surface area contributed by atoms with E-state index in [0.717, 1.165) is 22.4 Å². The van der Waals surface area contributed by atoms with Crippen molar-refractivity contribution in [3.63, 3.8) is 0 Å². The molecule has 0 saturated heterocycles. The van der Waals surface area contributed by atoms with Crippen molar-refractivity contribution in [3.05, 3.63) is 52.7 Å². The number of aromatic nitrogens is 1. The molecule has 0 radical (unpaired) electrons. The lowest BCUT2D eigenvalue weighted by atomic mass is 9.98. The van der Waals surface area contributed by atoms with E-state index in [1.54, 1.807) is 18.4 Å². The first kappa shape index (κ1) is 14.1. The van der Waals surface area contributed by atoms with Crippen LogP contribution in [0.3, 0.4) is 0 Å². The van der Waals surface area contributed by atoms with E-state index >= 15 is 0 Å². The summed E-state index contributed by atoms with van der Waals surface area (Å²) < 4.78 is 5.40. The molecule has 3 rings (SSSR count). The van der Waals surface area contributed by atoms with Gasteiger partial charge in [0.05, 0.1) is 12.8 Å². The third kappa shape index (κ3) is 2.41. The molecule has 22 heavy (non-hydrogen) atoms. The molecule has 0 fully saturated rings. The first-order valence-corrected chi connectivity index (χ1v) is 7.55. The molecule has 5 heteroatoms. The van der Waals surface area contributed by atoms with Crippen molar-refractivity contribution in [3.8, 4) is 34.2 Å². The van der Waals surface area contributed by atoms with Gasteiger partial charge in [-0.1, -0.05) is 18.2 Å². The molecule has 3 aromatic rings. The van der Waals surface area contributed by atoms with E-state index in [0.29, 0.717) is 11.3 Å². The highest BCUT2D eigenvalue weighted by Crippen LogP contribution is 2.36. The van der Waals surface area contributed by atoms with Gasteiger partial charge in [0, 0.05) is 22.1 Å². The summed E-state index contributed by atoms with van der Waals surface area (Å²) in [5.74, 6) is 0.924. The molecule has 2 N–H and O–H groups in total. The Balaban J connectivity index is 2.28. The molecular formula is C17H13N3OS. The number of para-hydroxylation sites is 1. The fourth-order valence-corrected chi connectivity index (χ4v) is 2.97. The molecule has 0 amide bonds. The Morgan fingerprint density at radius 1 is 1.23 bits per heavy atom. The van der Waals surface area contributed by atoms with E-state index in [-0.39, 0.29) is 5.82 Å². The van der Waals surface area contributed by atoms with Crippen molar-refractivity contribution in [2.24, 2.45) is 0 Å². The fourth-order valence-electron chi connectivity index (χ4n) is 2.32. The molecule has 2 heterocycles. The number of nitrogens with two attached hydrogens (primary N) is 1. The molecule has 0 aliphatic carbocycles. The highest BCUT2D eigenvalue weighted by atomic mass is 32.1. The minimum absolute atomic E-state index is 0.229. The topological polar surface area (TPSA) is 71.9 Å². The molecule has 2 aromatic heterocycles. The molecular weight excluding hydrogens is 294 g/mol. The Morgan fingerprint density at radius 3 is 2.73 bits per heavy atom.